The number of nitrogens with one attached hydrogen (secondary N) is 1. The number of benzene rings is 1. The van der Waals surface area contributed by atoms with E-state index in [0.29, 0.717) is 24.4 Å². The number of methoxy groups -OCH3 is 1. The van der Waals surface area contributed by atoms with Gasteiger partial charge in [-0.05, 0) is 6.07 Å². The molecule has 0 spiro atoms. The highest BCUT2D eigenvalue weighted by atomic mass is 35.5. The van der Waals surface area contributed by atoms with Crippen molar-refractivity contribution >= 4 is 18.3 Å². The van der Waals surface area contributed by atoms with Gasteiger partial charge in [0.15, 0.2) is 0 Å². The summed E-state index contributed by atoms with van der Waals surface area (Å²) >= 11 is 0. The number of piperazine rings is 1. The zero-order valence-electron chi connectivity index (χ0n) is 12.0. The molecule has 1 N–H and O–H groups in total. The molecule has 1 aromatic rings. The summed E-state index contributed by atoms with van der Waals surface area (Å²) in [6, 6.07) is 6.60. The number of ether oxygens (including phenoxy) is 1. The minimum atomic E-state index is -4.49. The first kappa shape index (κ1) is 18.6. The molecular weight excluding hydrogens is 321 g/mol. The Balaban J connectivity index is 0.00000242. The Bertz CT molecular complexity index is 511. The van der Waals surface area contributed by atoms with Crippen LogP contribution in [0.1, 0.15) is 18.0 Å². The maximum Gasteiger partial charge on any atom is 0.397 e. The fourth-order valence-corrected chi connectivity index (χ4v) is 2.50. The van der Waals surface area contributed by atoms with Gasteiger partial charge in [-0.15, -0.1) is 12.4 Å². The SMILES string of the molecule is COc1ccccc1C1CNCCN1C(=O)CC(F)(F)F.Cl. The molecule has 8 heteroatoms. The number of amides is 1. The topological polar surface area (TPSA) is 41.6 Å². The van der Waals surface area contributed by atoms with Crippen LogP contribution in [-0.2, 0) is 4.79 Å². The summed E-state index contributed by atoms with van der Waals surface area (Å²) in [4.78, 5) is 13.2. The van der Waals surface area contributed by atoms with Gasteiger partial charge in [0.25, 0.3) is 0 Å². The number of carbonyl (C=O) groups is 1. The summed E-state index contributed by atoms with van der Waals surface area (Å²) in [5.41, 5.74) is 0.711. The molecule has 1 saturated heterocycles. The van der Waals surface area contributed by atoms with Crippen molar-refractivity contribution in [1.29, 1.82) is 0 Å². The normalized spacial score (nSPS) is 18.5. The number of hydrogen-bond donors (Lipinski definition) is 1. The van der Waals surface area contributed by atoms with Crippen LogP contribution in [0.3, 0.4) is 0 Å². The number of rotatable bonds is 3. The number of halogens is 4. The molecule has 4 nitrogen and oxygen atoms in total. The zero-order valence-corrected chi connectivity index (χ0v) is 12.8. The second-order valence-electron chi connectivity index (χ2n) is 4.84. The van der Waals surface area contributed by atoms with E-state index in [1.54, 1.807) is 24.3 Å². The summed E-state index contributed by atoms with van der Waals surface area (Å²) < 4.78 is 42.6. The second kappa shape index (κ2) is 7.69. The van der Waals surface area contributed by atoms with E-state index in [4.69, 9.17) is 4.74 Å². The van der Waals surface area contributed by atoms with Crippen LogP contribution in [0.4, 0.5) is 13.2 Å². The highest BCUT2D eigenvalue weighted by molar-refractivity contribution is 5.85. The van der Waals surface area contributed by atoms with Crippen molar-refractivity contribution in [1.82, 2.24) is 10.2 Å². The summed E-state index contributed by atoms with van der Waals surface area (Å²) in [7, 11) is 1.50. The highest BCUT2D eigenvalue weighted by Gasteiger charge is 2.37. The van der Waals surface area contributed by atoms with Gasteiger partial charge in [0.1, 0.15) is 12.2 Å². The monoisotopic (exact) mass is 338 g/mol. The number of hydrogen-bond acceptors (Lipinski definition) is 3. The minimum absolute atomic E-state index is 0. The van der Waals surface area contributed by atoms with Crippen LogP contribution in [0.2, 0.25) is 0 Å². The quantitative estimate of drug-likeness (QED) is 0.921. The molecule has 1 aliphatic rings. The van der Waals surface area contributed by atoms with Gasteiger partial charge < -0.3 is 15.0 Å². The van der Waals surface area contributed by atoms with Crippen LogP contribution in [-0.4, -0.2) is 43.7 Å². The van der Waals surface area contributed by atoms with Gasteiger partial charge in [0.2, 0.25) is 5.91 Å². The molecule has 124 valence electrons. The third-order valence-corrected chi connectivity index (χ3v) is 3.41. The van der Waals surface area contributed by atoms with Crippen molar-refractivity contribution in [3.8, 4) is 5.75 Å². The van der Waals surface area contributed by atoms with Crippen molar-refractivity contribution in [2.24, 2.45) is 0 Å². The van der Waals surface area contributed by atoms with Gasteiger partial charge >= 0.3 is 6.18 Å². The summed E-state index contributed by atoms with van der Waals surface area (Å²) in [6.07, 6.45) is -5.92. The average Bonchev–Trinajstić information content (AvgIpc) is 2.45. The lowest BCUT2D eigenvalue weighted by Gasteiger charge is -2.37. The molecule has 2 rings (SSSR count). The van der Waals surface area contributed by atoms with Gasteiger partial charge in [-0.2, -0.15) is 13.2 Å². The van der Waals surface area contributed by atoms with Gasteiger partial charge in [-0.1, -0.05) is 18.2 Å². The van der Waals surface area contributed by atoms with E-state index in [1.165, 1.54) is 12.0 Å². The smallest absolute Gasteiger partial charge is 0.397 e. The first-order chi connectivity index (χ1) is 9.92. The summed E-state index contributed by atoms with van der Waals surface area (Å²) in [5.74, 6) is -0.337. The Labute approximate surface area is 133 Å². The maximum atomic E-state index is 12.4. The lowest BCUT2D eigenvalue weighted by Crippen LogP contribution is -2.49. The molecule has 1 atom stereocenters. The molecule has 1 amide bonds. The molecule has 22 heavy (non-hydrogen) atoms. The van der Waals surface area contributed by atoms with Crippen molar-refractivity contribution in [2.75, 3.05) is 26.7 Å². The predicted molar refractivity (Wildman–Crippen MR) is 78.2 cm³/mol. The van der Waals surface area contributed by atoms with Crippen LogP contribution in [0.25, 0.3) is 0 Å². The van der Waals surface area contributed by atoms with Crippen molar-refractivity contribution in [2.45, 2.75) is 18.6 Å². The Morgan fingerprint density at radius 2 is 2.09 bits per heavy atom. The third kappa shape index (κ3) is 4.51. The molecule has 1 aromatic carbocycles. The maximum absolute atomic E-state index is 12.4. The number of para-hydroxylation sites is 1. The summed E-state index contributed by atoms with van der Waals surface area (Å²) in [5, 5.41) is 3.10. The highest BCUT2D eigenvalue weighted by Crippen LogP contribution is 2.32. The number of nitrogens with zero attached hydrogens (tertiary/aromatic N) is 1. The first-order valence-corrected chi connectivity index (χ1v) is 6.62. The lowest BCUT2D eigenvalue weighted by atomic mass is 10.0. The largest absolute Gasteiger partial charge is 0.496 e. The molecule has 0 bridgehead atoms. The van der Waals surface area contributed by atoms with Crippen molar-refractivity contribution < 1.29 is 22.7 Å². The van der Waals surface area contributed by atoms with E-state index < -0.39 is 24.5 Å². The van der Waals surface area contributed by atoms with Gasteiger partial charge in [-0.3, -0.25) is 4.79 Å². The Hall–Kier alpha value is -1.47. The molecule has 1 unspecified atom stereocenters. The summed E-state index contributed by atoms with van der Waals surface area (Å²) in [6.45, 7) is 1.14. The molecule has 1 heterocycles. The van der Waals surface area contributed by atoms with Crippen molar-refractivity contribution in [3.05, 3.63) is 29.8 Å². The Kier molecular flexibility index (Phi) is 6.49. The minimum Gasteiger partial charge on any atom is -0.496 e. The molecule has 0 radical (unpaired) electrons. The predicted octanol–water partition coefficient (Wildman–Crippen LogP) is 2.54. The lowest BCUT2D eigenvalue weighted by molar-refractivity contribution is -0.163. The Morgan fingerprint density at radius 3 is 2.73 bits per heavy atom. The fraction of sp³-hybridized carbons (Fsp3) is 0.500. The fourth-order valence-electron chi connectivity index (χ4n) is 2.50. The average molecular weight is 339 g/mol. The van der Waals surface area contributed by atoms with Crippen LogP contribution >= 0.6 is 12.4 Å². The number of carbonyl (C=O) groups excluding carboxylic acids is 1. The zero-order chi connectivity index (χ0) is 15.5. The van der Waals surface area contributed by atoms with Crippen LogP contribution < -0.4 is 10.1 Å². The third-order valence-electron chi connectivity index (χ3n) is 3.41. The van der Waals surface area contributed by atoms with E-state index in [-0.39, 0.29) is 19.0 Å². The molecular formula is C14H18ClF3N2O2. The molecule has 0 saturated carbocycles. The molecule has 0 aromatic heterocycles. The van der Waals surface area contributed by atoms with E-state index in [2.05, 4.69) is 5.32 Å². The van der Waals surface area contributed by atoms with Gasteiger partial charge in [0.05, 0.1) is 13.2 Å². The van der Waals surface area contributed by atoms with E-state index in [0.717, 1.165) is 0 Å². The van der Waals surface area contributed by atoms with Crippen molar-refractivity contribution in [3.63, 3.8) is 0 Å². The Morgan fingerprint density at radius 1 is 1.41 bits per heavy atom. The van der Waals surface area contributed by atoms with E-state index >= 15 is 0 Å². The van der Waals surface area contributed by atoms with E-state index in [9.17, 15) is 18.0 Å². The molecule has 1 aliphatic heterocycles. The van der Waals surface area contributed by atoms with Crippen LogP contribution in [0.5, 0.6) is 5.75 Å². The molecule has 0 aliphatic carbocycles. The van der Waals surface area contributed by atoms with Crippen LogP contribution in [0.15, 0.2) is 24.3 Å². The number of alkyl halides is 3. The standard InChI is InChI=1S/C14H17F3N2O2.ClH/c1-21-12-5-3-2-4-10(12)11-9-18-6-7-19(11)13(20)8-14(15,16)17;/h2-5,11,18H,6-9H2,1H3;1H. The van der Waals surface area contributed by atoms with Gasteiger partial charge in [-0.25, -0.2) is 0 Å². The molecule has 1 fully saturated rings. The van der Waals surface area contributed by atoms with Crippen LogP contribution in [0, 0.1) is 0 Å². The first-order valence-electron chi connectivity index (χ1n) is 6.62. The van der Waals surface area contributed by atoms with Gasteiger partial charge in [0, 0.05) is 25.2 Å². The second-order valence-corrected chi connectivity index (χ2v) is 4.84. The van der Waals surface area contributed by atoms with E-state index in [1.807, 2.05) is 0 Å².